The van der Waals surface area contributed by atoms with Gasteiger partial charge in [0.15, 0.2) is 0 Å². The van der Waals surface area contributed by atoms with E-state index in [0.717, 1.165) is 34.6 Å². The van der Waals surface area contributed by atoms with Gasteiger partial charge in [0.1, 0.15) is 22.0 Å². The monoisotopic (exact) mass is 499 g/mol. The number of benzene rings is 2. The Labute approximate surface area is 190 Å². The van der Waals surface area contributed by atoms with Crippen LogP contribution in [0.5, 0.6) is 5.75 Å². The largest absolute Gasteiger partial charge is 0.426 e. The summed E-state index contributed by atoms with van der Waals surface area (Å²) >= 11 is 0. The average molecular weight is 499 g/mol. The predicted molar refractivity (Wildman–Crippen MR) is 111 cm³/mol. The number of nitrogens with zero attached hydrogens (tertiary/aromatic N) is 1. The van der Waals surface area contributed by atoms with Crippen LogP contribution in [0.3, 0.4) is 0 Å². The van der Waals surface area contributed by atoms with E-state index in [2.05, 4.69) is 0 Å². The molecule has 1 aliphatic heterocycles. The van der Waals surface area contributed by atoms with Gasteiger partial charge in [0.05, 0.1) is 11.5 Å². The molecule has 7 nitrogen and oxygen atoms in total. The summed E-state index contributed by atoms with van der Waals surface area (Å²) < 4.78 is 89.9. The van der Waals surface area contributed by atoms with Gasteiger partial charge >= 0.3 is 17.8 Å². The third kappa shape index (κ3) is 4.68. The maximum atomic E-state index is 13.9. The number of esters is 1. The highest BCUT2D eigenvalue weighted by atomic mass is 32.2. The summed E-state index contributed by atoms with van der Waals surface area (Å²) in [6, 6.07) is 8.52. The molecule has 2 aromatic carbocycles. The van der Waals surface area contributed by atoms with Crippen LogP contribution < -0.4 is 10.4 Å². The predicted octanol–water partition coefficient (Wildman–Crippen LogP) is 3.96. The van der Waals surface area contributed by atoms with Crippen molar-refractivity contribution in [2.24, 2.45) is 5.92 Å². The lowest BCUT2D eigenvalue weighted by Gasteiger charge is -2.30. The second-order valence-corrected chi connectivity index (χ2v) is 9.57. The molecular weight excluding hydrogens is 482 g/mol. The van der Waals surface area contributed by atoms with Crippen molar-refractivity contribution in [2.75, 3.05) is 13.1 Å². The van der Waals surface area contributed by atoms with Gasteiger partial charge in [-0.3, -0.25) is 4.79 Å². The maximum Gasteiger partial charge on any atom is 0.417 e. The molecule has 0 N–H and O–H groups in total. The number of alkyl halides is 3. The number of halogens is 4. The van der Waals surface area contributed by atoms with Gasteiger partial charge in [-0.25, -0.2) is 17.6 Å². The van der Waals surface area contributed by atoms with E-state index in [-0.39, 0.29) is 37.1 Å². The molecule has 0 unspecified atom stereocenters. The van der Waals surface area contributed by atoms with Crippen molar-refractivity contribution in [1.29, 1.82) is 0 Å². The van der Waals surface area contributed by atoms with Crippen molar-refractivity contribution >= 4 is 27.0 Å². The van der Waals surface area contributed by atoms with Gasteiger partial charge < -0.3 is 9.15 Å². The first-order valence-electron chi connectivity index (χ1n) is 10.1. The number of rotatable bonds is 4. The van der Waals surface area contributed by atoms with Gasteiger partial charge in [-0.15, -0.1) is 0 Å². The standard InChI is InChI=1S/C22H17F4NO6S/c23-17-3-1-2-4-19(17)34(30,31)27-9-7-13(8-10-27)21(29)32-14-5-6-15-16(22(24,25)26)12-20(28)33-18(15)11-14/h1-6,11-13H,7-10H2. The fourth-order valence-corrected chi connectivity index (χ4v) is 5.30. The summed E-state index contributed by atoms with van der Waals surface area (Å²) in [6.45, 7) is -0.0874. The number of carbonyl (C=O) groups excluding carboxylic acids is 1. The van der Waals surface area contributed by atoms with Gasteiger partial charge in [-0.05, 0) is 37.1 Å². The van der Waals surface area contributed by atoms with Crippen LogP contribution in [0.1, 0.15) is 18.4 Å². The molecule has 180 valence electrons. The Balaban J connectivity index is 1.46. The van der Waals surface area contributed by atoms with Gasteiger partial charge in [0.2, 0.25) is 10.0 Å². The first kappa shape index (κ1) is 23.9. The van der Waals surface area contributed by atoms with E-state index in [1.165, 1.54) is 12.1 Å². The van der Waals surface area contributed by atoms with E-state index < -0.39 is 55.6 Å². The van der Waals surface area contributed by atoms with Crippen molar-refractivity contribution in [3.8, 4) is 5.75 Å². The van der Waals surface area contributed by atoms with Crippen molar-refractivity contribution in [2.45, 2.75) is 23.9 Å². The second kappa shape index (κ2) is 8.84. The first-order chi connectivity index (χ1) is 16.0. The Kier molecular flexibility index (Phi) is 6.21. The van der Waals surface area contributed by atoms with E-state index in [9.17, 15) is 35.6 Å². The second-order valence-electron chi connectivity index (χ2n) is 7.66. The summed E-state index contributed by atoms with van der Waals surface area (Å²) in [5.74, 6) is -2.39. The normalized spacial score (nSPS) is 16.0. The van der Waals surface area contributed by atoms with Gasteiger partial charge in [0.25, 0.3) is 0 Å². The van der Waals surface area contributed by atoms with Gasteiger partial charge in [0, 0.05) is 30.6 Å². The van der Waals surface area contributed by atoms with Crippen LogP contribution in [-0.4, -0.2) is 31.8 Å². The Hall–Kier alpha value is -3.25. The Morgan fingerprint density at radius 3 is 2.38 bits per heavy atom. The lowest BCUT2D eigenvalue weighted by atomic mass is 9.98. The summed E-state index contributed by atoms with van der Waals surface area (Å²) in [6.07, 6.45) is -4.57. The molecule has 0 radical (unpaired) electrons. The summed E-state index contributed by atoms with van der Waals surface area (Å²) in [4.78, 5) is 23.6. The number of carbonyl (C=O) groups is 1. The van der Waals surface area contributed by atoms with E-state index in [4.69, 9.17) is 9.15 Å². The zero-order chi connectivity index (χ0) is 24.7. The number of hydrogen-bond acceptors (Lipinski definition) is 6. The molecule has 1 fully saturated rings. The Bertz CT molecular complexity index is 1410. The van der Waals surface area contributed by atoms with Crippen molar-refractivity contribution in [1.82, 2.24) is 4.31 Å². The lowest BCUT2D eigenvalue weighted by Crippen LogP contribution is -2.41. The molecule has 2 heterocycles. The average Bonchev–Trinajstić information content (AvgIpc) is 2.78. The van der Waals surface area contributed by atoms with Gasteiger partial charge in [-0.1, -0.05) is 12.1 Å². The van der Waals surface area contributed by atoms with E-state index in [0.29, 0.717) is 6.07 Å². The molecule has 3 aromatic rings. The fourth-order valence-electron chi connectivity index (χ4n) is 3.77. The van der Waals surface area contributed by atoms with E-state index in [1.807, 2.05) is 0 Å². The minimum absolute atomic E-state index is 0.0437. The molecule has 4 rings (SSSR count). The minimum Gasteiger partial charge on any atom is -0.426 e. The quantitative estimate of drug-likeness (QED) is 0.234. The van der Waals surface area contributed by atoms with Crippen LogP contribution in [0.4, 0.5) is 17.6 Å². The molecule has 0 bridgehead atoms. The molecular formula is C22H17F4NO6S. The van der Waals surface area contributed by atoms with E-state index >= 15 is 0 Å². The van der Waals surface area contributed by atoms with Crippen molar-refractivity contribution < 1.29 is 39.9 Å². The first-order valence-corrected chi connectivity index (χ1v) is 11.5. The molecule has 0 atom stereocenters. The highest BCUT2D eigenvalue weighted by Crippen LogP contribution is 2.35. The molecule has 34 heavy (non-hydrogen) atoms. The Morgan fingerprint density at radius 2 is 1.74 bits per heavy atom. The SMILES string of the molecule is O=C(Oc1ccc2c(C(F)(F)F)cc(=O)oc2c1)C1CCN(S(=O)(=O)c2ccccc2F)CC1. The third-order valence-electron chi connectivity index (χ3n) is 5.48. The minimum atomic E-state index is -4.77. The molecule has 0 spiro atoms. The summed E-state index contributed by atoms with van der Waals surface area (Å²) in [7, 11) is -4.07. The molecule has 12 heteroatoms. The fraction of sp³-hybridized carbons (Fsp3) is 0.273. The summed E-state index contributed by atoms with van der Waals surface area (Å²) in [5, 5.41) is -0.362. The molecule has 1 aliphatic rings. The Morgan fingerprint density at radius 1 is 1.06 bits per heavy atom. The number of ether oxygens (including phenoxy) is 1. The molecule has 1 aromatic heterocycles. The summed E-state index contributed by atoms with van der Waals surface area (Å²) in [5.41, 5.74) is -2.76. The number of hydrogen-bond donors (Lipinski definition) is 0. The molecule has 0 amide bonds. The smallest absolute Gasteiger partial charge is 0.417 e. The van der Waals surface area contributed by atoms with Crippen molar-refractivity contribution in [3.63, 3.8) is 0 Å². The van der Waals surface area contributed by atoms with Crippen LogP contribution in [0, 0.1) is 11.7 Å². The molecule has 1 saturated heterocycles. The van der Waals surface area contributed by atoms with Crippen molar-refractivity contribution in [3.05, 3.63) is 70.3 Å². The zero-order valence-corrected chi connectivity index (χ0v) is 18.2. The molecule has 0 aliphatic carbocycles. The van der Waals surface area contributed by atoms with Crippen LogP contribution in [0.25, 0.3) is 11.0 Å². The number of piperidine rings is 1. The van der Waals surface area contributed by atoms with Crippen LogP contribution in [-0.2, 0) is 21.0 Å². The van der Waals surface area contributed by atoms with Crippen LogP contribution in [0.15, 0.2) is 62.6 Å². The number of fused-ring (bicyclic) bond motifs is 1. The van der Waals surface area contributed by atoms with Crippen LogP contribution >= 0.6 is 0 Å². The highest BCUT2D eigenvalue weighted by molar-refractivity contribution is 7.89. The van der Waals surface area contributed by atoms with Gasteiger partial charge in [-0.2, -0.15) is 17.5 Å². The van der Waals surface area contributed by atoms with E-state index in [1.54, 1.807) is 0 Å². The highest BCUT2D eigenvalue weighted by Gasteiger charge is 2.35. The number of sulfonamides is 1. The maximum absolute atomic E-state index is 13.9. The third-order valence-corrected chi connectivity index (χ3v) is 7.41. The molecule has 0 saturated carbocycles. The zero-order valence-electron chi connectivity index (χ0n) is 17.3. The van der Waals surface area contributed by atoms with Crippen LogP contribution in [0.2, 0.25) is 0 Å². The lowest BCUT2D eigenvalue weighted by molar-refractivity contribution is -0.140. The topological polar surface area (TPSA) is 93.9 Å².